The molecule has 1 aromatic heterocycles. The van der Waals surface area contributed by atoms with Crippen LogP contribution in [0.4, 0.5) is 5.13 Å². The Labute approximate surface area is 131 Å². The molecule has 1 saturated heterocycles. The van der Waals surface area contributed by atoms with Crippen molar-refractivity contribution in [2.45, 2.75) is 32.7 Å². The molecular formula is C17H23N3S. The van der Waals surface area contributed by atoms with Gasteiger partial charge in [0.25, 0.3) is 0 Å². The molecule has 1 aliphatic heterocycles. The molecule has 0 bridgehead atoms. The summed E-state index contributed by atoms with van der Waals surface area (Å²) in [5.41, 5.74) is 2.48. The third kappa shape index (κ3) is 3.44. The number of nitrogens with zero attached hydrogens (tertiary/aromatic N) is 2. The average molecular weight is 301 g/mol. The van der Waals surface area contributed by atoms with Crippen LogP contribution in [0, 0.1) is 0 Å². The van der Waals surface area contributed by atoms with Crippen molar-refractivity contribution in [3.05, 3.63) is 36.0 Å². The van der Waals surface area contributed by atoms with E-state index in [0.29, 0.717) is 0 Å². The van der Waals surface area contributed by atoms with Gasteiger partial charge in [-0.15, -0.1) is 0 Å². The fourth-order valence-corrected chi connectivity index (χ4v) is 3.84. The van der Waals surface area contributed by atoms with Crippen LogP contribution in [0.15, 0.2) is 30.3 Å². The normalized spacial score (nSPS) is 14.8. The molecule has 0 amide bonds. The van der Waals surface area contributed by atoms with Gasteiger partial charge in [-0.25, -0.2) is 4.98 Å². The van der Waals surface area contributed by atoms with Crippen LogP contribution in [0.5, 0.6) is 0 Å². The van der Waals surface area contributed by atoms with Crippen molar-refractivity contribution in [3.8, 4) is 10.4 Å². The number of rotatable bonds is 6. The molecule has 0 spiro atoms. The summed E-state index contributed by atoms with van der Waals surface area (Å²) in [4.78, 5) is 8.67. The van der Waals surface area contributed by atoms with Crippen molar-refractivity contribution < 1.29 is 0 Å². The van der Waals surface area contributed by atoms with Crippen LogP contribution in [-0.2, 0) is 6.54 Å². The monoisotopic (exact) mass is 301 g/mol. The quantitative estimate of drug-likeness (QED) is 0.820. The lowest BCUT2D eigenvalue weighted by Crippen LogP contribution is -2.18. The molecular weight excluding hydrogens is 278 g/mol. The number of hydrogen-bond donors (Lipinski definition) is 1. The van der Waals surface area contributed by atoms with Gasteiger partial charge in [0.1, 0.15) is 0 Å². The van der Waals surface area contributed by atoms with Crippen LogP contribution in [0.25, 0.3) is 10.4 Å². The fraction of sp³-hybridized carbons (Fsp3) is 0.471. The minimum Gasteiger partial charge on any atom is -0.348 e. The predicted molar refractivity (Wildman–Crippen MR) is 91.0 cm³/mol. The van der Waals surface area contributed by atoms with E-state index in [2.05, 4.69) is 47.5 Å². The first kappa shape index (κ1) is 14.5. The van der Waals surface area contributed by atoms with Gasteiger partial charge in [0.05, 0.1) is 10.6 Å². The van der Waals surface area contributed by atoms with Crippen LogP contribution in [0.1, 0.15) is 31.9 Å². The second kappa shape index (κ2) is 7.05. The number of anilines is 1. The molecule has 1 aromatic carbocycles. The van der Waals surface area contributed by atoms with Crippen molar-refractivity contribution in [2.75, 3.05) is 24.5 Å². The maximum Gasteiger partial charge on any atom is 0.186 e. The van der Waals surface area contributed by atoms with Gasteiger partial charge in [-0.1, -0.05) is 48.6 Å². The Bertz CT molecular complexity index is 559. The Morgan fingerprint density at radius 2 is 1.95 bits per heavy atom. The summed E-state index contributed by atoms with van der Waals surface area (Å²) >= 11 is 1.84. The van der Waals surface area contributed by atoms with E-state index >= 15 is 0 Å². The topological polar surface area (TPSA) is 28.2 Å². The van der Waals surface area contributed by atoms with Crippen LogP contribution < -0.4 is 10.2 Å². The standard InChI is InChI=1S/C17H23N3S/c1-2-10-18-13-15-16(14-8-4-3-5-9-14)21-17(19-15)20-11-6-7-12-20/h3-5,8-9,18H,2,6-7,10-13H2,1H3. The molecule has 0 aliphatic carbocycles. The van der Waals surface area contributed by atoms with Crippen molar-refractivity contribution in [1.82, 2.24) is 10.3 Å². The third-order valence-corrected chi connectivity index (χ3v) is 5.03. The number of hydrogen-bond acceptors (Lipinski definition) is 4. The summed E-state index contributed by atoms with van der Waals surface area (Å²) < 4.78 is 0. The molecule has 1 fully saturated rings. The van der Waals surface area contributed by atoms with Crippen LogP contribution in [0.3, 0.4) is 0 Å². The second-order valence-electron chi connectivity index (χ2n) is 5.51. The summed E-state index contributed by atoms with van der Waals surface area (Å²) in [6.07, 6.45) is 3.75. The van der Waals surface area contributed by atoms with E-state index in [0.717, 1.165) is 32.6 Å². The highest BCUT2D eigenvalue weighted by Gasteiger charge is 2.19. The van der Waals surface area contributed by atoms with Gasteiger partial charge in [0.15, 0.2) is 5.13 Å². The van der Waals surface area contributed by atoms with Crippen LogP contribution in [0.2, 0.25) is 0 Å². The second-order valence-corrected chi connectivity index (χ2v) is 6.49. The number of aromatic nitrogens is 1. The highest BCUT2D eigenvalue weighted by Crippen LogP contribution is 2.36. The Hall–Kier alpha value is -1.39. The molecule has 1 N–H and O–H groups in total. The summed E-state index contributed by atoms with van der Waals surface area (Å²) in [5.74, 6) is 0. The van der Waals surface area contributed by atoms with Gasteiger partial charge < -0.3 is 10.2 Å². The lowest BCUT2D eigenvalue weighted by molar-refractivity contribution is 0.667. The summed E-state index contributed by atoms with van der Waals surface area (Å²) in [7, 11) is 0. The fourth-order valence-electron chi connectivity index (χ4n) is 2.70. The van der Waals surface area contributed by atoms with E-state index in [-0.39, 0.29) is 0 Å². The van der Waals surface area contributed by atoms with Gasteiger partial charge >= 0.3 is 0 Å². The molecule has 112 valence electrons. The SMILES string of the molecule is CCCNCc1nc(N2CCCC2)sc1-c1ccccc1. The molecule has 0 saturated carbocycles. The molecule has 0 unspecified atom stereocenters. The van der Waals surface area contributed by atoms with Crippen molar-refractivity contribution in [2.24, 2.45) is 0 Å². The molecule has 3 rings (SSSR count). The Morgan fingerprint density at radius 1 is 1.19 bits per heavy atom. The van der Waals surface area contributed by atoms with E-state index in [1.54, 1.807) is 0 Å². The van der Waals surface area contributed by atoms with Gasteiger partial charge in [0, 0.05) is 19.6 Å². The number of thiazole rings is 1. The largest absolute Gasteiger partial charge is 0.348 e. The summed E-state index contributed by atoms with van der Waals surface area (Å²) in [5, 5.41) is 4.69. The van der Waals surface area contributed by atoms with E-state index in [4.69, 9.17) is 4.98 Å². The molecule has 2 heterocycles. The molecule has 0 radical (unpaired) electrons. The van der Waals surface area contributed by atoms with E-state index < -0.39 is 0 Å². The summed E-state index contributed by atoms with van der Waals surface area (Å²) in [6, 6.07) is 10.7. The zero-order valence-corrected chi connectivity index (χ0v) is 13.5. The van der Waals surface area contributed by atoms with Crippen molar-refractivity contribution in [3.63, 3.8) is 0 Å². The lowest BCUT2D eigenvalue weighted by Gasteiger charge is -2.12. The number of benzene rings is 1. The van der Waals surface area contributed by atoms with Gasteiger partial charge in [-0.3, -0.25) is 0 Å². The molecule has 21 heavy (non-hydrogen) atoms. The molecule has 4 heteroatoms. The Kier molecular flexibility index (Phi) is 4.88. The van der Waals surface area contributed by atoms with E-state index in [1.165, 1.54) is 34.1 Å². The molecule has 1 aliphatic rings. The summed E-state index contributed by atoms with van der Waals surface area (Å²) in [6.45, 7) is 6.42. The van der Waals surface area contributed by atoms with Gasteiger partial charge in [0.2, 0.25) is 0 Å². The Balaban J connectivity index is 1.87. The highest BCUT2D eigenvalue weighted by molar-refractivity contribution is 7.19. The minimum atomic E-state index is 0.863. The first-order valence-electron chi connectivity index (χ1n) is 7.89. The number of nitrogens with one attached hydrogen (secondary N) is 1. The van der Waals surface area contributed by atoms with E-state index in [1.807, 2.05) is 11.3 Å². The van der Waals surface area contributed by atoms with Crippen molar-refractivity contribution in [1.29, 1.82) is 0 Å². The first-order chi connectivity index (χ1) is 10.4. The maximum absolute atomic E-state index is 4.92. The lowest BCUT2D eigenvalue weighted by atomic mass is 10.1. The smallest absolute Gasteiger partial charge is 0.186 e. The minimum absolute atomic E-state index is 0.863. The van der Waals surface area contributed by atoms with Crippen LogP contribution in [-0.4, -0.2) is 24.6 Å². The zero-order chi connectivity index (χ0) is 14.5. The first-order valence-corrected chi connectivity index (χ1v) is 8.71. The maximum atomic E-state index is 4.92. The van der Waals surface area contributed by atoms with Crippen LogP contribution >= 0.6 is 11.3 Å². The Morgan fingerprint density at radius 3 is 2.67 bits per heavy atom. The molecule has 0 atom stereocenters. The van der Waals surface area contributed by atoms with Crippen molar-refractivity contribution >= 4 is 16.5 Å². The zero-order valence-electron chi connectivity index (χ0n) is 12.6. The molecule has 2 aromatic rings. The highest BCUT2D eigenvalue weighted by atomic mass is 32.1. The molecule has 3 nitrogen and oxygen atoms in total. The third-order valence-electron chi connectivity index (χ3n) is 3.82. The average Bonchev–Trinajstić information content (AvgIpc) is 3.18. The van der Waals surface area contributed by atoms with Gasteiger partial charge in [-0.05, 0) is 31.4 Å². The van der Waals surface area contributed by atoms with Gasteiger partial charge in [-0.2, -0.15) is 0 Å². The predicted octanol–water partition coefficient (Wildman–Crippen LogP) is 3.91. The van der Waals surface area contributed by atoms with E-state index in [9.17, 15) is 0 Å².